The Morgan fingerprint density at radius 1 is 1.42 bits per heavy atom. The van der Waals surface area contributed by atoms with E-state index in [2.05, 4.69) is 50.2 Å². The molecule has 0 aromatic rings. The van der Waals surface area contributed by atoms with Gasteiger partial charge in [0.1, 0.15) is 0 Å². The second-order valence-corrected chi connectivity index (χ2v) is 3.44. The van der Waals surface area contributed by atoms with Crippen LogP contribution in [0.2, 0.25) is 0 Å². The first-order valence-corrected chi connectivity index (χ1v) is 4.70. The van der Waals surface area contributed by atoms with Crippen molar-refractivity contribution in [2.45, 2.75) is 26.8 Å². The highest BCUT2D eigenvalue weighted by Crippen LogP contribution is 1.83. The number of nitrogens with one attached hydrogen (secondary N) is 1. The smallest absolute Gasteiger partial charge is 0.0160 e. The molecule has 12 heavy (non-hydrogen) atoms. The SMILES string of the molecule is C/C=C/CN(C)CCNC(C)C. The highest BCUT2D eigenvalue weighted by Gasteiger charge is 1.95. The summed E-state index contributed by atoms with van der Waals surface area (Å²) in [4.78, 5) is 2.30. The van der Waals surface area contributed by atoms with E-state index in [1.54, 1.807) is 0 Å². The Morgan fingerprint density at radius 2 is 2.08 bits per heavy atom. The van der Waals surface area contributed by atoms with E-state index in [0.717, 1.165) is 19.6 Å². The first-order chi connectivity index (χ1) is 5.66. The van der Waals surface area contributed by atoms with Gasteiger partial charge in [0.05, 0.1) is 0 Å². The number of likely N-dealkylation sites (N-methyl/N-ethyl adjacent to an activating group) is 1. The lowest BCUT2D eigenvalue weighted by atomic mass is 10.4. The topological polar surface area (TPSA) is 15.3 Å². The molecule has 0 aliphatic heterocycles. The summed E-state index contributed by atoms with van der Waals surface area (Å²) < 4.78 is 0. The maximum atomic E-state index is 3.39. The van der Waals surface area contributed by atoms with E-state index in [1.165, 1.54) is 0 Å². The first-order valence-electron chi connectivity index (χ1n) is 4.70. The summed E-state index contributed by atoms with van der Waals surface area (Å²) in [5.41, 5.74) is 0. The average Bonchev–Trinajstić information content (AvgIpc) is 2.00. The van der Waals surface area contributed by atoms with E-state index < -0.39 is 0 Å². The molecule has 0 bridgehead atoms. The van der Waals surface area contributed by atoms with Crippen LogP contribution in [0.3, 0.4) is 0 Å². The molecule has 0 rings (SSSR count). The fourth-order valence-corrected chi connectivity index (χ4v) is 0.921. The lowest BCUT2D eigenvalue weighted by molar-refractivity contribution is 0.359. The molecule has 0 aromatic carbocycles. The quantitative estimate of drug-likeness (QED) is 0.608. The van der Waals surface area contributed by atoms with Crippen molar-refractivity contribution in [2.75, 3.05) is 26.7 Å². The number of hydrogen-bond acceptors (Lipinski definition) is 2. The minimum atomic E-state index is 0.597. The van der Waals surface area contributed by atoms with Crippen LogP contribution in [0.15, 0.2) is 12.2 Å². The molecular weight excluding hydrogens is 148 g/mol. The molecule has 0 radical (unpaired) electrons. The zero-order chi connectivity index (χ0) is 9.40. The first kappa shape index (κ1) is 11.7. The van der Waals surface area contributed by atoms with Gasteiger partial charge >= 0.3 is 0 Å². The molecule has 0 saturated carbocycles. The molecular formula is C10H22N2. The minimum absolute atomic E-state index is 0.597. The molecule has 0 fully saturated rings. The highest BCUT2D eigenvalue weighted by atomic mass is 15.1. The average molecular weight is 170 g/mol. The summed E-state index contributed by atoms with van der Waals surface area (Å²) >= 11 is 0. The van der Waals surface area contributed by atoms with Crippen LogP contribution in [0, 0.1) is 0 Å². The van der Waals surface area contributed by atoms with E-state index >= 15 is 0 Å². The molecule has 0 saturated heterocycles. The second kappa shape index (κ2) is 7.32. The van der Waals surface area contributed by atoms with E-state index in [4.69, 9.17) is 0 Å². The molecule has 0 aliphatic rings. The minimum Gasteiger partial charge on any atom is -0.313 e. The highest BCUT2D eigenvalue weighted by molar-refractivity contribution is 4.80. The van der Waals surface area contributed by atoms with Crippen LogP contribution in [0.4, 0.5) is 0 Å². The van der Waals surface area contributed by atoms with Gasteiger partial charge in [-0.25, -0.2) is 0 Å². The van der Waals surface area contributed by atoms with Gasteiger partial charge in [0.15, 0.2) is 0 Å². The molecule has 1 N–H and O–H groups in total. The van der Waals surface area contributed by atoms with Crippen molar-refractivity contribution in [3.8, 4) is 0 Å². The van der Waals surface area contributed by atoms with Crippen molar-refractivity contribution in [1.29, 1.82) is 0 Å². The molecule has 0 atom stereocenters. The van der Waals surface area contributed by atoms with Gasteiger partial charge in [-0.1, -0.05) is 26.0 Å². The van der Waals surface area contributed by atoms with Crippen LogP contribution in [0.5, 0.6) is 0 Å². The molecule has 0 aromatic heterocycles. The summed E-state index contributed by atoms with van der Waals surface area (Å²) in [5, 5.41) is 3.39. The Hall–Kier alpha value is -0.340. The number of allylic oxidation sites excluding steroid dienone is 1. The molecule has 0 spiro atoms. The Morgan fingerprint density at radius 3 is 2.58 bits per heavy atom. The van der Waals surface area contributed by atoms with Crippen molar-refractivity contribution in [3.63, 3.8) is 0 Å². The monoisotopic (exact) mass is 170 g/mol. The van der Waals surface area contributed by atoms with Crippen molar-refractivity contribution in [3.05, 3.63) is 12.2 Å². The zero-order valence-electron chi connectivity index (χ0n) is 8.80. The summed E-state index contributed by atoms with van der Waals surface area (Å²) in [6, 6.07) is 0.597. The predicted octanol–water partition coefficient (Wildman–Crippen LogP) is 1.49. The lowest BCUT2D eigenvalue weighted by Gasteiger charge is -2.15. The molecule has 2 nitrogen and oxygen atoms in total. The van der Waals surface area contributed by atoms with E-state index in [1.807, 2.05) is 0 Å². The summed E-state index contributed by atoms with van der Waals surface area (Å²) in [6.45, 7) is 9.64. The standard InChI is InChI=1S/C10H22N2/c1-5-6-8-12(4)9-7-11-10(2)3/h5-6,10-11H,7-9H2,1-4H3/b6-5+. The van der Waals surface area contributed by atoms with Crippen LogP contribution in [0.1, 0.15) is 20.8 Å². The molecule has 72 valence electrons. The van der Waals surface area contributed by atoms with E-state index in [0.29, 0.717) is 6.04 Å². The Kier molecular flexibility index (Phi) is 7.11. The normalized spacial score (nSPS) is 12.2. The van der Waals surface area contributed by atoms with Crippen molar-refractivity contribution in [2.24, 2.45) is 0 Å². The molecule has 2 heteroatoms. The maximum Gasteiger partial charge on any atom is 0.0160 e. The number of hydrogen-bond donors (Lipinski definition) is 1. The van der Waals surface area contributed by atoms with Gasteiger partial charge in [-0.15, -0.1) is 0 Å². The fraction of sp³-hybridized carbons (Fsp3) is 0.800. The van der Waals surface area contributed by atoms with Crippen LogP contribution < -0.4 is 5.32 Å². The predicted molar refractivity (Wildman–Crippen MR) is 55.4 cm³/mol. The zero-order valence-corrected chi connectivity index (χ0v) is 8.80. The van der Waals surface area contributed by atoms with Crippen LogP contribution in [-0.4, -0.2) is 37.6 Å². The third kappa shape index (κ3) is 7.76. The third-order valence-corrected chi connectivity index (χ3v) is 1.70. The van der Waals surface area contributed by atoms with Gasteiger partial charge in [-0.3, -0.25) is 0 Å². The summed E-state index contributed by atoms with van der Waals surface area (Å²) in [7, 11) is 2.14. The van der Waals surface area contributed by atoms with Gasteiger partial charge in [0, 0.05) is 25.7 Å². The van der Waals surface area contributed by atoms with Gasteiger partial charge in [0.2, 0.25) is 0 Å². The number of rotatable bonds is 6. The Balaban J connectivity index is 3.25. The van der Waals surface area contributed by atoms with Crippen LogP contribution >= 0.6 is 0 Å². The van der Waals surface area contributed by atoms with E-state index in [9.17, 15) is 0 Å². The summed E-state index contributed by atoms with van der Waals surface area (Å²) in [5.74, 6) is 0. The maximum absolute atomic E-state index is 3.39. The molecule has 0 amide bonds. The van der Waals surface area contributed by atoms with Crippen molar-refractivity contribution in [1.82, 2.24) is 10.2 Å². The fourth-order valence-electron chi connectivity index (χ4n) is 0.921. The largest absolute Gasteiger partial charge is 0.313 e. The lowest BCUT2D eigenvalue weighted by Crippen LogP contribution is -2.32. The second-order valence-electron chi connectivity index (χ2n) is 3.44. The van der Waals surface area contributed by atoms with Crippen LogP contribution in [0.25, 0.3) is 0 Å². The van der Waals surface area contributed by atoms with Crippen molar-refractivity contribution < 1.29 is 0 Å². The van der Waals surface area contributed by atoms with Crippen molar-refractivity contribution >= 4 is 0 Å². The molecule has 0 unspecified atom stereocenters. The molecule has 0 heterocycles. The van der Waals surface area contributed by atoms with Crippen LogP contribution in [-0.2, 0) is 0 Å². The van der Waals surface area contributed by atoms with Gasteiger partial charge in [-0.2, -0.15) is 0 Å². The van der Waals surface area contributed by atoms with Gasteiger partial charge in [-0.05, 0) is 14.0 Å². The van der Waals surface area contributed by atoms with Gasteiger partial charge in [0.25, 0.3) is 0 Å². The Labute approximate surface area is 76.6 Å². The summed E-state index contributed by atoms with van der Waals surface area (Å²) in [6.07, 6.45) is 4.27. The number of nitrogens with zero attached hydrogens (tertiary/aromatic N) is 1. The Bertz CT molecular complexity index is 119. The third-order valence-electron chi connectivity index (χ3n) is 1.70. The van der Waals surface area contributed by atoms with E-state index in [-0.39, 0.29) is 0 Å². The van der Waals surface area contributed by atoms with Gasteiger partial charge < -0.3 is 10.2 Å². The molecule has 0 aliphatic carbocycles.